The lowest BCUT2D eigenvalue weighted by atomic mass is 10.1. The molecular formula is C19H15ClN4O3. The van der Waals surface area contributed by atoms with E-state index in [1.165, 1.54) is 4.57 Å². The van der Waals surface area contributed by atoms with Gasteiger partial charge in [-0.1, -0.05) is 23.7 Å². The van der Waals surface area contributed by atoms with E-state index in [0.717, 1.165) is 12.0 Å². The van der Waals surface area contributed by atoms with E-state index in [1.807, 2.05) is 6.92 Å². The van der Waals surface area contributed by atoms with Gasteiger partial charge in [-0.15, -0.1) is 0 Å². The molecular weight excluding hydrogens is 368 g/mol. The predicted octanol–water partition coefficient (Wildman–Crippen LogP) is 3.47. The van der Waals surface area contributed by atoms with Gasteiger partial charge in [0.15, 0.2) is 0 Å². The van der Waals surface area contributed by atoms with E-state index in [-0.39, 0.29) is 0 Å². The van der Waals surface area contributed by atoms with Crippen LogP contribution < -0.4 is 11.1 Å². The van der Waals surface area contributed by atoms with E-state index >= 15 is 0 Å². The molecule has 7 nitrogen and oxygen atoms in total. The summed E-state index contributed by atoms with van der Waals surface area (Å²) >= 11 is 5.89. The molecule has 0 radical (unpaired) electrons. The van der Waals surface area contributed by atoms with Crippen LogP contribution >= 0.6 is 11.6 Å². The number of aromatic nitrogens is 4. The van der Waals surface area contributed by atoms with Crippen LogP contribution in [0.25, 0.3) is 33.9 Å². The number of halogens is 1. The van der Waals surface area contributed by atoms with E-state index in [9.17, 15) is 9.59 Å². The van der Waals surface area contributed by atoms with Gasteiger partial charge >= 0.3 is 11.1 Å². The van der Waals surface area contributed by atoms with Crippen LogP contribution in [0.4, 0.5) is 0 Å². The quantitative estimate of drug-likeness (QED) is 0.545. The van der Waals surface area contributed by atoms with Crippen molar-refractivity contribution in [3.05, 3.63) is 68.2 Å². The first kappa shape index (κ1) is 17.2. The second-order valence-electron chi connectivity index (χ2n) is 6.07. The largest absolute Gasteiger partial charge is 0.334 e. The summed E-state index contributed by atoms with van der Waals surface area (Å²) in [7, 11) is 0. The molecule has 0 aliphatic heterocycles. The van der Waals surface area contributed by atoms with Gasteiger partial charge in [-0.05, 0) is 48.9 Å². The highest BCUT2D eigenvalue weighted by molar-refractivity contribution is 6.30. The maximum atomic E-state index is 12.1. The Bertz CT molecular complexity index is 1240. The van der Waals surface area contributed by atoms with Crippen LogP contribution in [0.3, 0.4) is 0 Å². The second kappa shape index (κ2) is 6.85. The molecule has 0 bridgehead atoms. The minimum Gasteiger partial charge on any atom is -0.334 e. The monoisotopic (exact) mass is 382 g/mol. The second-order valence-corrected chi connectivity index (χ2v) is 6.51. The Morgan fingerprint density at radius 2 is 1.85 bits per heavy atom. The maximum Gasteiger partial charge on any atom is 0.316 e. The number of hydrogen-bond donors (Lipinski definition) is 1. The molecule has 0 aliphatic carbocycles. The third-order valence-electron chi connectivity index (χ3n) is 4.20. The molecule has 0 spiro atoms. The number of benzene rings is 2. The van der Waals surface area contributed by atoms with Crippen LogP contribution in [0.2, 0.25) is 5.02 Å². The molecule has 4 aromatic rings. The molecule has 0 amide bonds. The molecule has 2 aromatic carbocycles. The Kier molecular flexibility index (Phi) is 4.37. The van der Waals surface area contributed by atoms with Gasteiger partial charge in [0.25, 0.3) is 5.89 Å². The van der Waals surface area contributed by atoms with Gasteiger partial charge < -0.3 is 14.1 Å². The Hall–Kier alpha value is -3.19. The van der Waals surface area contributed by atoms with E-state index in [1.54, 1.807) is 42.5 Å². The molecule has 2 heterocycles. The normalized spacial score (nSPS) is 11.2. The van der Waals surface area contributed by atoms with Crippen LogP contribution in [0.15, 0.2) is 56.6 Å². The molecule has 0 saturated heterocycles. The lowest BCUT2D eigenvalue weighted by Crippen LogP contribution is -2.36. The number of aryl methyl sites for hydroxylation is 1. The summed E-state index contributed by atoms with van der Waals surface area (Å²) in [5.41, 5.74) is 1.42. The van der Waals surface area contributed by atoms with E-state index in [2.05, 4.69) is 15.1 Å². The van der Waals surface area contributed by atoms with E-state index < -0.39 is 11.1 Å². The number of aromatic amines is 1. The van der Waals surface area contributed by atoms with Crippen LogP contribution in [-0.2, 0) is 6.54 Å². The molecule has 4 rings (SSSR count). The maximum absolute atomic E-state index is 12.1. The first-order valence-electron chi connectivity index (χ1n) is 8.43. The number of H-pyrrole nitrogens is 1. The summed E-state index contributed by atoms with van der Waals surface area (Å²) < 4.78 is 6.81. The fourth-order valence-corrected chi connectivity index (χ4v) is 3.04. The van der Waals surface area contributed by atoms with Crippen molar-refractivity contribution in [3.8, 4) is 22.8 Å². The topological polar surface area (TPSA) is 93.8 Å². The molecule has 136 valence electrons. The third-order valence-corrected chi connectivity index (χ3v) is 4.45. The van der Waals surface area contributed by atoms with Crippen LogP contribution in [0.5, 0.6) is 0 Å². The third kappa shape index (κ3) is 3.17. The highest BCUT2D eigenvalue weighted by Crippen LogP contribution is 2.25. The Morgan fingerprint density at radius 3 is 2.59 bits per heavy atom. The molecule has 0 unspecified atom stereocenters. The van der Waals surface area contributed by atoms with Gasteiger partial charge in [0, 0.05) is 22.7 Å². The smallest absolute Gasteiger partial charge is 0.316 e. The summed E-state index contributed by atoms with van der Waals surface area (Å²) in [5, 5.41) is 4.63. The SMILES string of the molecule is CCCn1c(=O)c(=O)[nH]c2cc(-c3noc(-c4ccc(Cl)cc4)n3)ccc21. The van der Waals surface area contributed by atoms with Gasteiger partial charge in [0.05, 0.1) is 11.0 Å². The predicted molar refractivity (Wildman–Crippen MR) is 103 cm³/mol. The highest BCUT2D eigenvalue weighted by Gasteiger charge is 2.13. The Morgan fingerprint density at radius 1 is 1.11 bits per heavy atom. The molecule has 0 saturated carbocycles. The first-order chi connectivity index (χ1) is 13.1. The standard InChI is InChI=1S/C19H15ClN4O3/c1-2-9-24-15-8-5-12(10-14(15)21-17(25)19(24)26)16-22-18(27-23-16)11-3-6-13(20)7-4-11/h3-8,10H,2,9H2,1H3,(H,21,25). The van der Waals surface area contributed by atoms with Gasteiger partial charge in [0.2, 0.25) is 5.82 Å². The minimum absolute atomic E-state index is 0.367. The molecule has 1 N–H and O–H groups in total. The molecule has 0 aliphatic rings. The Labute approximate surface area is 158 Å². The number of nitrogens with one attached hydrogen (secondary N) is 1. The summed E-state index contributed by atoms with van der Waals surface area (Å²) in [4.78, 5) is 31.1. The summed E-state index contributed by atoms with van der Waals surface area (Å²) in [5.74, 6) is 0.752. The fraction of sp³-hybridized carbons (Fsp3) is 0.158. The van der Waals surface area contributed by atoms with E-state index in [4.69, 9.17) is 16.1 Å². The minimum atomic E-state index is -0.650. The Balaban J connectivity index is 1.79. The average molecular weight is 383 g/mol. The molecule has 27 heavy (non-hydrogen) atoms. The van der Waals surface area contributed by atoms with Crippen molar-refractivity contribution in [1.82, 2.24) is 19.7 Å². The van der Waals surface area contributed by atoms with E-state index in [0.29, 0.717) is 39.9 Å². The number of nitrogens with zero attached hydrogens (tertiary/aromatic N) is 3. The number of fused-ring (bicyclic) bond motifs is 1. The highest BCUT2D eigenvalue weighted by atomic mass is 35.5. The van der Waals surface area contributed by atoms with Crippen molar-refractivity contribution in [1.29, 1.82) is 0 Å². The van der Waals surface area contributed by atoms with Crippen molar-refractivity contribution in [2.24, 2.45) is 0 Å². The summed E-state index contributed by atoms with van der Waals surface area (Å²) in [6.07, 6.45) is 0.746. The molecule has 8 heteroatoms. The van der Waals surface area contributed by atoms with Crippen molar-refractivity contribution in [3.63, 3.8) is 0 Å². The molecule has 0 atom stereocenters. The first-order valence-corrected chi connectivity index (χ1v) is 8.81. The van der Waals surface area contributed by atoms with Crippen LogP contribution in [-0.4, -0.2) is 19.7 Å². The number of rotatable bonds is 4. The summed E-state index contributed by atoms with van der Waals surface area (Å²) in [6.45, 7) is 2.42. The van der Waals surface area contributed by atoms with Gasteiger partial charge in [0.1, 0.15) is 0 Å². The molecule has 0 fully saturated rings. The van der Waals surface area contributed by atoms with Gasteiger partial charge in [-0.25, -0.2) is 0 Å². The lowest BCUT2D eigenvalue weighted by Gasteiger charge is -2.08. The number of hydrogen-bond acceptors (Lipinski definition) is 5. The average Bonchev–Trinajstić information content (AvgIpc) is 3.16. The van der Waals surface area contributed by atoms with Crippen molar-refractivity contribution in [2.45, 2.75) is 19.9 Å². The lowest BCUT2D eigenvalue weighted by molar-refractivity contribution is 0.432. The zero-order valence-electron chi connectivity index (χ0n) is 14.4. The van der Waals surface area contributed by atoms with Crippen molar-refractivity contribution >= 4 is 22.6 Å². The molecule has 2 aromatic heterocycles. The van der Waals surface area contributed by atoms with Crippen molar-refractivity contribution < 1.29 is 4.52 Å². The van der Waals surface area contributed by atoms with Gasteiger partial charge in [-0.3, -0.25) is 9.59 Å². The summed E-state index contributed by atoms with van der Waals surface area (Å²) in [6, 6.07) is 12.4. The van der Waals surface area contributed by atoms with Crippen molar-refractivity contribution in [2.75, 3.05) is 0 Å². The fourth-order valence-electron chi connectivity index (χ4n) is 2.91. The zero-order valence-corrected chi connectivity index (χ0v) is 15.2. The van der Waals surface area contributed by atoms with Gasteiger partial charge in [-0.2, -0.15) is 4.98 Å². The van der Waals surface area contributed by atoms with Crippen LogP contribution in [0, 0.1) is 0 Å². The van der Waals surface area contributed by atoms with Crippen LogP contribution in [0.1, 0.15) is 13.3 Å². The zero-order chi connectivity index (χ0) is 19.0.